The first-order valence-electron chi connectivity index (χ1n) is 10.3. The predicted molar refractivity (Wildman–Crippen MR) is 131 cm³/mol. The summed E-state index contributed by atoms with van der Waals surface area (Å²) < 4.78 is 24.2. The molecule has 0 atom stereocenters. The highest BCUT2D eigenvalue weighted by Crippen LogP contribution is 2.33. The fourth-order valence-corrected chi connectivity index (χ4v) is 4.21. The lowest BCUT2D eigenvalue weighted by Gasteiger charge is -2.08. The van der Waals surface area contributed by atoms with Crippen LogP contribution in [-0.4, -0.2) is 10.8 Å². The number of hydrogen-bond donors (Lipinski definition) is 1. The third-order valence-electron chi connectivity index (χ3n) is 4.77. The molecule has 1 heterocycles. The van der Waals surface area contributed by atoms with Crippen LogP contribution >= 0.6 is 23.4 Å². The van der Waals surface area contributed by atoms with Crippen LogP contribution in [0.3, 0.4) is 0 Å². The number of carbonyl (C=O) groups excluding carboxylic acids is 1. The molecule has 0 saturated heterocycles. The Kier molecular flexibility index (Phi) is 7.38. The number of hydrogen-bond acceptors (Lipinski definition) is 6. The number of aryl methyl sites for hydroxylation is 1. The zero-order valence-electron chi connectivity index (χ0n) is 18.3. The van der Waals surface area contributed by atoms with Gasteiger partial charge in [-0.2, -0.15) is 0 Å². The lowest BCUT2D eigenvalue weighted by Crippen LogP contribution is -2.11. The number of non-ortho nitro benzene ring substituents is 1. The molecule has 10 heteroatoms. The standard InChI is InChI=1S/C25H18ClFN2O5S/c1-15-2-6-20(7-3-15)35-21-12-17(11-18(13-21)29(31)32)28-25(30)24-9-5-19(34-24)14-33-23-8-4-16(27)10-22(23)26/h2-13H,14H2,1H3,(H,28,30). The van der Waals surface area contributed by atoms with Crippen LogP contribution in [0, 0.1) is 22.9 Å². The molecule has 1 amide bonds. The van der Waals surface area contributed by atoms with Gasteiger partial charge in [-0.15, -0.1) is 0 Å². The molecule has 0 aliphatic carbocycles. The Labute approximate surface area is 209 Å². The van der Waals surface area contributed by atoms with Crippen molar-refractivity contribution in [2.45, 2.75) is 23.3 Å². The van der Waals surface area contributed by atoms with Gasteiger partial charge in [-0.1, -0.05) is 41.1 Å². The molecule has 0 fully saturated rings. The van der Waals surface area contributed by atoms with Crippen molar-refractivity contribution in [2.75, 3.05) is 5.32 Å². The molecule has 1 aromatic heterocycles. The topological polar surface area (TPSA) is 94.6 Å². The van der Waals surface area contributed by atoms with E-state index in [1.54, 1.807) is 12.1 Å². The van der Waals surface area contributed by atoms with E-state index in [9.17, 15) is 19.3 Å². The first kappa shape index (κ1) is 24.3. The second-order valence-corrected chi connectivity index (χ2v) is 9.03. The molecule has 0 saturated carbocycles. The van der Waals surface area contributed by atoms with Crippen LogP contribution in [0.25, 0.3) is 0 Å². The molecule has 0 unspecified atom stereocenters. The first-order valence-corrected chi connectivity index (χ1v) is 11.5. The summed E-state index contributed by atoms with van der Waals surface area (Å²) in [7, 11) is 0. The number of nitro groups is 1. The second kappa shape index (κ2) is 10.6. The second-order valence-electron chi connectivity index (χ2n) is 7.47. The Morgan fingerprint density at radius 2 is 1.86 bits per heavy atom. The quantitative estimate of drug-likeness (QED) is 0.197. The number of anilines is 1. The fraction of sp³-hybridized carbons (Fsp3) is 0.0800. The zero-order valence-corrected chi connectivity index (χ0v) is 19.9. The molecule has 0 radical (unpaired) electrons. The molecule has 0 aliphatic rings. The van der Waals surface area contributed by atoms with Crippen molar-refractivity contribution in [3.8, 4) is 5.75 Å². The summed E-state index contributed by atoms with van der Waals surface area (Å²) in [6.45, 7) is 1.94. The summed E-state index contributed by atoms with van der Waals surface area (Å²) in [5, 5.41) is 14.2. The van der Waals surface area contributed by atoms with E-state index in [0.29, 0.717) is 10.7 Å². The molecule has 4 rings (SSSR count). The Balaban J connectivity index is 1.46. The van der Waals surface area contributed by atoms with Gasteiger partial charge in [0.05, 0.1) is 9.95 Å². The third-order valence-corrected chi connectivity index (χ3v) is 6.04. The molecule has 4 aromatic rings. The summed E-state index contributed by atoms with van der Waals surface area (Å²) in [4.78, 5) is 25.1. The van der Waals surface area contributed by atoms with Crippen LogP contribution in [0.4, 0.5) is 15.8 Å². The molecular formula is C25H18ClFN2O5S. The Morgan fingerprint density at radius 1 is 1.09 bits per heavy atom. The average Bonchev–Trinajstić information content (AvgIpc) is 3.29. The molecule has 0 aliphatic heterocycles. The molecule has 178 valence electrons. The van der Waals surface area contributed by atoms with Gasteiger partial charge in [-0.05, 0) is 55.5 Å². The van der Waals surface area contributed by atoms with Gasteiger partial charge in [-0.25, -0.2) is 4.39 Å². The minimum Gasteiger partial charge on any atom is -0.484 e. The maximum atomic E-state index is 13.2. The largest absolute Gasteiger partial charge is 0.484 e. The highest BCUT2D eigenvalue weighted by atomic mass is 35.5. The summed E-state index contributed by atoms with van der Waals surface area (Å²) in [5.41, 5.74) is 1.21. The predicted octanol–water partition coefficient (Wildman–Crippen LogP) is 7.27. The normalized spacial score (nSPS) is 10.7. The van der Waals surface area contributed by atoms with Crippen molar-refractivity contribution in [1.29, 1.82) is 0 Å². The SMILES string of the molecule is Cc1ccc(Sc2cc(NC(=O)c3ccc(COc4ccc(F)cc4Cl)o3)cc([N+](=O)[O-])c2)cc1. The summed E-state index contributed by atoms with van der Waals surface area (Å²) in [5.74, 6) is -0.465. The number of ether oxygens (including phenoxy) is 1. The smallest absolute Gasteiger partial charge is 0.291 e. The van der Waals surface area contributed by atoms with Crippen molar-refractivity contribution >= 4 is 40.6 Å². The maximum Gasteiger partial charge on any atom is 0.291 e. The van der Waals surface area contributed by atoms with Crippen molar-refractivity contribution < 1.29 is 23.3 Å². The highest BCUT2D eigenvalue weighted by Gasteiger charge is 2.16. The minimum atomic E-state index is -0.581. The van der Waals surface area contributed by atoms with Crippen molar-refractivity contribution in [2.24, 2.45) is 0 Å². The third kappa shape index (κ3) is 6.40. The molecule has 35 heavy (non-hydrogen) atoms. The van der Waals surface area contributed by atoms with Gasteiger partial charge in [0.2, 0.25) is 0 Å². The van der Waals surface area contributed by atoms with Gasteiger partial charge >= 0.3 is 0 Å². The van der Waals surface area contributed by atoms with Crippen LogP contribution in [0.1, 0.15) is 21.9 Å². The van der Waals surface area contributed by atoms with Gasteiger partial charge in [0.1, 0.15) is 23.9 Å². The van der Waals surface area contributed by atoms with E-state index in [0.717, 1.165) is 16.5 Å². The van der Waals surface area contributed by atoms with Crippen LogP contribution < -0.4 is 10.1 Å². The summed E-state index contributed by atoms with van der Waals surface area (Å²) >= 11 is 7.28. The van der Waals surface area contributed by atoms with Crippen LogP contribution in [0.2, 0.25) is 5.02 Å². The number of furan rings is 1. The van der Waals surface area contributed by atoms with E-state index in [4.69, 9.17) is 20.8 Å². The molecule has 0 bridgehead atoms. The summed E-state index contributed by atoms with van der Waals surface area (Å²) in [6.07, 6.45) is 0. The number of amides is 1. The number of benzene rings is 3. The van der Waals surface area contributed by atoms with E-state index in [1.165, 1.54) is 42.1 Å². The summed E-state index contributed by atoms with van der Waals surface area (Å²) in [6, 6.07) is 18.9. The minimum absolute atomic E-state index is 0.00644. The molecule has 1 N–H and O–H groups in total. The Hall–Kier alpha value is -3.82. The van der Waals surface area contributed by atoms with Crippen LogP contribution in [0.15, 0.2) is 87.0 Å². The van der Waals surface area contributed by atoms with Gasteiger partial charge in [-0.3, -0.25) is 14.9 Å². The number of rotatable bonds is 8. The molecular weight excluding hydrogens is 495 g/mol. The Morgan fingerprint density at radius 3 is 2.57 bits per heavy atom. The van der Waals surface area contributed by atoms with Crippen LogP contribution in [0.5, 0.6) is 5.75 Å². The number of nitrogens with one attached hydrogen (secondary N) is 1. The number of nitrogens with zero attached hydrogens (tertiary/aromatic N) is 1. The van der Waals surface area contributed by atoms with E-state index in [-0.39, 0.29) is 34.5 Å². The van der Waals surface area contributed by atoms with Gasteiger partial charge in [0, 0.05) is 27.6 Å². The maximum absolute atomic E-state index is 13.2. The Bertz CT molecular complexity index is 1390. The molecule has 0 spiro atoms. The van der Waals surface area contributed by atoms with E-state index in [2.05, 4.69) is 5.32 Å². The number of halogens is 2. The van der Waals surface area contributed by atoms with Crippen molar-refractivity contribution in [1.82, 2.24) is 0 Å². The lowest BCUT2D eigenvalue weighted by atomic mass is 10.2. The average molecular weight is 513 g/mol. The van der Waals surface area contributed by atoms with Crippen LogP contribution in [-0.2, 0) is 6.61 Å². The lowest BCUT2D eigenvalue weighted by molar-refractivity contribution is -0.385. The molecule has 3 aromatic carbocycles. The van der Waals surface area contributed by atoms with E-state index < -0.39 is 16.6 Å². The molecule has 7 nitrogen and oxygen atoms in total. The first-order chi connectivity index (χ1) is 16.8. The fourth-order valence-electron chi connectivity index (χ4n) is 3.07. The van der Waals surface area contributed by atoms with Crippen molar-refractivity contribution in [3.63, 3.8) is 0 Å². The number of nitro benzene ring substituents is 1. The highest BCUT2D eigenvalue weighted by molar-refractivity contribution is 7.99. The van der Waals surface area contributed by atoms with E-state index in [1.807, 2.05) is 31.2 Å². The monoisotopic (exact) mass is 512 g/mol. The van der Waals surface area contributed by atoms with Gasteiger partial charge < -0.3 is 14.5 Å². The zero-order chi connectivity index (χ0) is 24.9. The van der Waals surface area contributed by atoms with Gasteiger partial charge in [0.15, 0.2) is 5.76 Å². The van der Waals surface area contributed by atoms with E-state index >= 15 is 0 Å². The van der Waals surface area contributed by atoms with Gasteiger partial charge in [0.25, 0.3) is 11.6 Å². The number of carbonyl (C=O) groups is 1. The van der Waals surface area contributed by atoms with Crippen molar-refractivity contribution in [3.05, 3.63) is 111 Å².